The van der Waals surface area contributed by atoms with Gasteiger partial charge in [0.25, 0.3) is 0 Å². The third kappa shape index (κ3) is 5.17. The fourth-order valence-corrected chi connectivity index (χ4v) is 2.21. The molecule has 1 aromatic rings. The number of hydrogen-bond acceptors (Lipinski definition) is 1. The highest BCUT2D eigenvalue weighted by molar-refractivity contribution is 9.09. The van der Waals surface area contributed by atoms with Crippen molar-refractivity contribution < 1.29 is 9.13 Å². The molecular weight excluding hydrogens is 283 g/mol. The van der Waals surface area contributed by atoms with Gasteiger partial charge in [0, 0.05) is 17.5 Å². The SMILES string of the molecule is CC(C)CCCOC(CBr)c1ccccc1F. The van der Waals surface area contributed by atoms with E-state index in [0.29, 0.717) is 23.4 Å². The highest BCUT2D eigenvalue weighted by atomic mass is 79.9. The molecule has 0 aromatic heterocycles. The van der Waals surface area contributed by atoms with Crippen LogP contribution in [0, 0.1) is 11.7 Å². The van der Waals surface area contributed by atoms with Gasteiger partial charge in [-0.2, -0.15) is 0 Å². The predicted octanol–water partition coefficient (Wildman–Crippen LogP) is 4.71. The summed E-state index contributed by atoms with van der Waals surface area (Å²) in [6.07, 6.45) is 1.98. The van der Waals surface area contributed by atoms with Gasteiger partial charge in [0.05, 0.1) is 6.10 Å². The van der Waals surface area contributed by atoms with Gasteiger partial charge in [-0.15, -0.1) is 0 Å². The largest absolute Gasteiger partial charge is 0.373 e. The van der Waals surface area contributed by atoms with Crippen LogP contribution in [-0.4, -0.2) is 11.9 Å². The Bertz CT molecular complexity index is 328. The van der Waals surface area contributed by atoms with Gasteiger partial charge in [-0.05, 0) is 24.8 Å². The van der Waals surface area contributed by atoms with Crippen molar-refractivity contribution >= 4 is 15.9 Å². The van der Waals surface area contributed by atoms with Crippen LogP contribution in [0.15, 0.2) is 24.3 Å². The average molecular weight is 303 g/mol. The van der Waals surface area contributed by atoms with E-state index in [-0.39, 0.29) is 11.9 Å². The number of halogens is 2. The van der Waals surface area contributed by atoms with Gasteiger partial charge in [-0.3, -0.25) is 0 Å². The molecule has 1 aromatic carbocycles. The molecule has 0 saturated carbocycles. The zero-order chi connectivity index (χ0) is 12.7. The normalized spacial score (nSPS) is 13.0. The van der Waals surface area contributed by atoms with Gasteiger partial charge in [0.1, 0.15) is 5.82 Å². The summed E-state index contributed by atoms with van der Waals surface area (Å²) in [6, 6.07) is 6.79. The first-order valence-corrected chi connectivity index (χ1v) is 7.19. The summed E-state index contributed by atoms with van der Waals surface area (Å²) in [4.78, 5) is 0. The van der Waals surface area contributed by atoms with Crippen LogP contribution in [0.5, 0.6) is 0 Å². The minimum Gasteiger partial charge on any atom is -0.373 e. The summed E-state index contributed by atoms with van der Waals surface area (Å²) in [7, 11) is 0. The van der Waals surface area contributed by atoms with Gasteiger partial charge in [-0.25, -0.2) is 4.39 Å². The first-order valence-electron chi connectivity index (χ1n) is 6.07. The topological polar surface area (TPSA) is 9.23 Å². The molecule has 0 heterocycles. The molecule has 0 aliphatic rings. The Morgan fingerprint density at radius 1 is 1.29 bits per heavy atom. The van der Waals surface area contributed by atoms with Gasteiger partial charge < -0.3 is 4.74 Å². The van der Waals surface area contributed by atoms with Crippen molar-refractivity contribution in [2.75, 3.05) is 11.9 Å². The lowest BCUT2D eigenvalue weighted by atomic mass is 10.1. The maximum Gasteiger partial charge on any atom is 0.129 e. The van der Waals surface area contributed by atoms with E-state index >= 15 is 0 Å². The summed E-state index contributed by atoms with van der Waals surface area (Å²) in [5.74, 6) is 0.496. The van der Waals surface area contributed by atoms with Gasteiger partial charge in [0.2, 0.25) is 0 Å². The van der Waals surface area contributed by atoms with Crippen LogP contribution in [0.25, 0.3) is 0 Å². The second kappa shape index (κ2) is 7.83. The summed E-state index contributed by atoms with van der Waals surface area (Å²) >= 11 is 3.38. The van der Waals surface area contributed by atoms with Crippen molar-refractivity contribution in [2.24, 2.45) is 5.92 Å². The van der Waals surface area contributed by atoms with E-state index in [1.807, 2.05) is 6.07 Å². The van der Waals surface area contributed by atoms with Crippen LogP contribution in [0.4, 0.5) is 4.39 Å². The van der Waals surface area contributed by atoms with Crippen LogP contribution < -0.4 is 0 Å². The van der Waals surface area contributed by atoms with Gasteiger partial charge in [-0.1, -0.05) is 48.0 Å². The van der Waals surface area contributed by atoms with Crippen LogP contribution in [-0.2, 0) is 4.74 Å². The molecule has 0 aliphatic heterocycles. The second-order valence-electron chi connectivity index (χ2n) is 4.57. The smallest absolute Gasteiger partial charge is 0.129 e. The lowest BCUT2D eigenvalue weighted by Gasteiger charge is -2.16. The van der Waals surface area contributed by atoms with Crippen LogP contribution in [0.3, 0.4) is 0 Å². The van der Waals surface area contributed by atoms with Crippen LogP contribution in [0.1, 0.15) is 38.4 Å². The Balaban J connectivity index is 2.46. The van der Waals surface area contributed by atoms with E-state index < -0.39 is 0 Å². The van der Waals surface area contributed by atoms with Crippen LogP contribution >= 0.6 is 15.9 Å². The molecule has 1 atom stereocenters. The first-order chi connectivity index (χ1) is 8.15. The minimum absolute atomic E-state index is 0.191. The summed E-state index contributed by atoms with van der Waals surface area (Å²) in [6.45, 7) is 5.07. The second-order valence-corrected chi connectivity index (χ2v) is 5.22. The number of rotatable bonds is 7. The summed E-state index contributed by atoms with van der Waals surface area (Å²) < 4.78 is 19.3. The number of ether oxygens (including phenoxy) is 1. The Hall–Kier alpha value is -0.410. The standard InChI is InChI=1S/C14H20BrFO/c1-11(2)6-5-9-17-14(10-15)12-7-3-4-8-13(12)16/h3-4,7-8,11,14H,5-6,9-10H2,1-2H3. The molecular formula is C14H20BrFO. The third-order valence-corrected chi connectivity index (χ3v) is 3.23. The Morgan fingerprint density at radius 3 is 2.59 bits per heavy atom. The van der Waals surface area contributed by atoms with Crippen molar-refractivity contribution in [1.29, 1.82) is 0 Å². The van der Waals surface area contributed by atoms with E-state index in [2.05, 4.69) is 29.8 Å². The number of benzene rings is 1. The average Bonchev–Trinajstić information content (AvgIpc) is 2.30. The van der Waals surface area contributed by atoms with Crippen molar-refractivity contribution in [3.8, 4) is 0 Å². The van der Waals surface area contributed by atoms with E-state index in [1.54, 1.807) is 12.1 Å². The highest BCUT2D eigenvalue weighted by Crippen LogP contribution is 2.23. The Morgan fingerprint density at radius 2 is 2.00 bits per heavy atom. The fourth-order valence-electron chi connectivity index (χ4n) is 1.67. The van der Waals surface area contributed by atoms with Crippen molar-refractivity contribution in [1.82, 2.24) is 0 Å². The quantitative estimate of drug-likeness (QED) is 0.523. The monoisotopic (exact) mass is 302 g/mol. The summed E-state index contributed by atoms with van der Waals surface area (Å²) in [5.41, 5.74) is 0.633. The van der Waals surface area contributed by atoms with Gasteiger partial charge >= 0.3 is 0 Å². The maximum absolute atomic E-state index is 13.6. The molecule has 0 N–H and O–H groups in total. The molecule has 1 rings (SSSR count). The minimum atomic E-state index is -0.194. The molecule has 0 radical (unpaired) electrons. The molecule has 1 unspecified atom stereocenters. The molecule has 0 fully saturated rings. The highest BCUT2D eigenvalue weighted by Gasteiger charge is 2.14. The zero-order valence-corrected chi connectivity index (χ0v) is 12.0. The third-order valence-electron chi connectivity index (χ3n) is 2.64. The zero-order valence-electron chi connectivity index (χ0n) is 10.5. The molecule has 0 bridgehead atoms. The lowest BCUT2D eigenvalue weighted by molar-refractivity contribution is 0.0631. The Kier molecular flexibility index (Phi) is 6.75. The van der Waals surface area contributed by atoms with Crippen LogP contribution in [0.2, 0.25) is 0 Å². The molecule has 17 heavy (non-hydrogen) atoms. The molecule has 0 aliphatic carbocycles. The fraction of sp³-hybridized carbons (Fsp3) is 0.571. The molecule has 0 amide bonds. The number of hydrogen-bond donors (Lipinski definition) is 0. The van der Waals surface area contributed by atoms with Crippen molar-refractivity contribution in [3.05, 3.63) is 35.6 Å². The first kappa shape index (κ1) is 14.7. The van der Waals surface area contributed by atoms with Crippen molar-refractivity contribution in [3.63, 3.8) is 0 Å². The van der Waals surface area contributed by atoms with Gasteiger partial charge in [0.15, 0.2) is 0 Å². The predicted molar refractivity (Wildman–Crippen MR) is 73.0 cm³/mol. The molecule has 0 saturated heterocycles. The van der Waals surface area contributed by atoms with Crippen molar-refractivity contribution in [2.45, 2.75) is 32.8 Å². The lowest BCUT2D eigenvalue weighted by Crippen LogP contribution is -2.09. The summed E-state index contributed by atoms with van der Waals surface area (Å²) in [5, 5.41) is 0.621. The van der Waals surface area contributed by atoms with E-state index in [9.17, 15) is 4.39 Å². The van der Waals surface area contributed by atoms with E-state index in [4.69, 9.17) is 4.74 Å². The van der Waals surface area contributed by atoms with E-state index in [0.717, 1.165) is 12.8 Å². The van der Waals surface area contributed by atoms with E-state index in [1.165, 1.54) is 6.07 Å². The molecule has 3 heteroatoms. The maximum atomic E-state index is 13.6. The molecule has 0 spiro atoms. The molecule has 96 valence electrons. The number of alkyl halides is 1. The molecule has 1 nitrogen and oxygen atoms in total. The Labute approximate surface area is 111 Å².